The van der Waals surface area contributed by atoms with E-state index in [9.17, 15) is 14.0 Å². The third-order valence-corrected chi connectivity index (χ3v) is 4.82. The summed E-state index contributed by atoms with van der Waals surface area (Å²) in [5.41, 5.74) is 2.12. The summed E-state index contributed by atoms with van der Waals surface area (Å²) in [6.07, 6.45) is 3.29. The maximum Gasteiger partial charge on any atom is 0.287 e. The van der Waals surface area contributed by atoms with Gasteiger partial charge >= 0.3 is 0 Å². The van der Waals surface area contributed by atoms with Gasteiger partial charge in [0.05, 0.1) is 5.69 Å². The van der Waals surface area contributed by atoms with Crippen molar-refractivity contribution < 1.29 is 14.0 Å². The van der Waals surface area contributed by atoms with Gasteiger partial charge in [-0.3, -0.25) is 9.59 Å². The van der Waals surface area contributed by atoms with E-state index in [4.69, 9.17) is 0 Å². The van der Waals surface area contributed by atoms with Crippen molar-refractivity contribution >= 4 is 11.8 Å². The molecule has 6 nitrogen and oxygen atoms in total. The highest BCUT2D eigenvalue weighted by Gasteiger charge is 2.27. The predicted octanol–water partition coefficient (Wildman–Crippen LogP) is 2.72. The highest BCUT2D eigenvalue weighted by Crippen LogP contribution is 2.21. The average molecular weight is 386 g/mol. The van der Waals surface area contributed by atoms with Gasteiger partial charge < -0.3 is 15.2 Å². The second-order valence-electron chi connectivity index (χ2n) is 7.58. The van der Waals surface area contributed by atoms with Crippen LogP contribution in [0.15, 0.2) is 24.3 Å². The molecule has 0 saturated heterocycles. The summed E-state index contributed by atoms with van der Waals surface area (Å²) in [5, 5.41) is 5.76. The van der Waals surface area contributed by atoms with Crippen LogP contribution in [-0.4, -0.2) is 34.5 Å². The summed E-state index contributed by atoms with van der Waals surface area (Å²) >= 11 is 0. The number of nitrogens with one attached hydrogen (secondary N) is 2. The van der Waals surface area contributed by atoms with Crippen LogP contribution in [0.25, 0.3) is 0 Å². The Morgan fingerprint density at radius 2 is 1.89 bits per heavy atom. The van der Waals surface area contributed by atoms with Gasteiger partial charge in [-0.05, 0) is 49.3 Å². The number of imidazole rings is 1. The highest BCUT2D eigenvalue weighted by molar-refractivity contribution is 5.97. The van der Waals surface area contributed by atoms with Crippen molar-refractivity contribution in [2.45, 2.75) is 46.1 Å². The van der Waals surface area contributed by atoms with Gasteiger partial charge in [0.15, 0.2) is 5.82 Å². The van der Waals surface area contributed by atoms with Crippen LogP contribution in [0, 0.1) is 11.7 Å². The SMILES string of the molecule is CC(C)CNC(=O)c1nc(C(=O)NCCc2ccc(F)cc2)c2n1CCCC2. The predicted molar refractivity (Wildman–Crippen MR) is 105 cm³/mol. The molecule has 1 aromatic heterocycles. The van der Waals surface area contributed by atoms with Crippen LogP contribution in [0.2, 0.25) is 0 Å². The molecule has 0 bridgehead atoms. The first kappa shape index (κ1) is 20.0. The van der Waals surface area contributed by atoms with E-state index in [1.165, 1.54) is 12.1 Å². The first-order chi connectivity index (χ1) is 13.5. The normalized spacial score (nSPS) is 13.3. The summed E-state index contributed by atoms with van der Waals surface area (Å²) in [7, 11) is 0. The molecule has 150 valence electrons. The van der Waals surface area contributed by atoms with Crippen LogP contribution in [0.3, 0.4) is 0 Å². The lowest BCUT2D eigenvalue weighted by Gasteiger charge is -2.17. The van der Waals surface area contributed by atoms with Crippen LogP contribution in [0.5, 0.6) is 0 Å². The average Bonchev–Trinajstić information content (AvgIpc) is 3.07. The molecule has 1 aliphatic heterocycles. The number of carbonyl (C=O) groups excluding carboxylic acids is 2. The third kappa shape index (κ3) is 4.77. The van der Waals surface area contributed by atoms with E-state index in [0.717, 1.165) is 30.5 Å². The van der Waals surface area contributed by atoms with Crippen LogP contribution >= 0.6 is 0 Å². The van der Waals surface area contributed by atoms with Crippen LogP contribution in [-0.2, 0) is 19.4 Å². The number of hydrogen-bond donors (Lipinski definition) is 2. The van der Waals surface area contributed by atoms with E-state index in [2.05, 4.69) is 15.6 Å². The molecular formula is C21H27FN4O2. The number of carbonyl (C=O) groups is 2. The van der Waals surface area contributed by atoms with Crippen LogP contribution in [0.1, 0.15) is 59.1 Å². The zero-order chi connectivity index (χ0) is 20.1. The van der Waals surface area contributed by atoms with E-state index in [1.54, 1.807) is 12.1 Å². The molecule has 0 atom stereocenters. The quantitative estimate of drug-likeness (QED) is 0.768. The van der Waals surface area contributed by atoms with Crippen molar-refractivity contribution in [3.8, 4) is 0 Å². The Balaban J connectivity index is 1.69. The number of halogens is 1. The van der Waals surface area contributed by atoms with Gasteiger partial charge in [-0.2, -0.15) is 0 Å². The van der Waals surface area contributed by atoms with Crippen molar-refractivity contribution in [3.05, 3.63) is 52.9 Å². The number of nitrogens with zero attached hydrogens (tertiary/aromatic N) is 2. The largest absolute Gasteiger partial charge is 0.350 e. The van der Waals surface area contributed by atoms with Gasteiger partial charge in [0.25, 0.3) is 11.8 Å². The molecule has 28 heavy (non-hydrogen) atoms. The molecule has 0 saturated carbocycles. The molecule has 7 heteroatoms. The zero-order valence-electron chi connectivity index (χ0n) is 16.4. The molecule has 0 radical (unpaired) electrons. The van der Waals surface area contributed by atoms with Crippen molar-refractivity contribution in [1.82, 2.24) is 20.2 Å². The first-order valence-electron chi connectivity index (χ1n) is 9.86. The van der Waals surface area contributed by atoms with E-state index < -0.39 is 0 Å². The summed E-state index contributed by atoms with van der Waals surface area (Å²) in [4.78, 5) is 29.6. The topological polar surface area (TPSA) is 76.0 Å². The van der Waals surface area contributed by atoms with Gasteiger partial charge in [-0.1, -0.05) is 26.0 Å². The molecule has 1 aromatic carbocycles. The number of rotatable bonds is 7. The van der Waals surface area contributed by atoms with Gasteiger partial charge in [0.1, 0.15) is 11.5 Å². The molecule has 0 spiro atoms. The lowest BCUT2D eigenvalue weighted by atomic mass is 10.1. The Labute approximate surface area is 164 Å². The minimum Gasteiger partial charge on any atom is -0.350 e. The second-order valence-corrected chi connectivity index (χ2v) is 7.58. The molecular weight excluding hydrogens is 359 g/mol. The summed E-state index contributed by atoms with van der Waals surface area (Å²) in [6, 6.07) is 6.23. The van der Waals surface area contributed by atoms with E-state index in [1.807, 2.05) is 18.4 Å². The number of amides is 2. The maximum absolute atomic E-state index is 13.0. The van der Waals surface area contributed by atoms with E-state index in [-0.39, 0.29) is 17.6 Å². The molecule has 0 unspecified atom stereocenters. The van der Waals surface area contributed by atoms with E-state index >= 15 is 0 Å². The molecule has 0 fully saturated rings. The number of fused-ring (bicyclic) bond motifs is 1. The lowest BCUT2D eigenvalue weighted by molar-refractivity contribution is 0.0933. The van der Waals surface area contributed by atoms with Crippen LogP contribution in [0.4, 0.5) is 4.39 Å². The monoisotopic (exact) mass is 386 g/mol. The lowest BCUT2D eigenvalue weighted by Crippen LogP contribution is -2.30. The zero-order valence-corrected chi connectivity index (χ0v) is 16.4. The van der Waals surface area contributed by atoms with Crippen molar-refractivity contribution in [2.24, 2.45) is 5.92 Å². The summed E-state index contributed by atoms with van der Waals surface area (Å²) < 4.78 is 14.9. The van der Waals surface area contributed by atoms with Gasteiger partial charge in [0, 0.05) is 19.6 Å². The molecule has 2 N–H and O–H groups in total. The third-order valence-electron chi connectivity index (χ3n) is 4.82. The van der Waals surface area contributed by atoms with Crippen molar-refractivity contribution in [2.75, 3.05) is 13.1 Å². The molecule has 2 amide bonds. The van der Waals surface area contributed by atoms with Crippen molar-refractivity contribution in [3.63, 3.8) is 0 Å². The van der Waals surface area contributed by atoms with Crippen LogP contribution < -0.4 is 10.6 Å². The Hall–Kier alpha value is -2.70. The maximum atomic E-state index is 13.0. The Morgan fingerprint density at radius 1 is 1.14 bits per heavy atom. The van der Waals surface area contributed by atoms with Crippen molar-refractivity contribution in [1.29, 1.82) is 0 Å². The minimum absolute atomic E-state index is 0.234. The number of benzene rings is 1. The second kappa shape index (κ2) is 8.99. The number of aromatic nitrogens is 2. The summed E-state index contributed by atoms with van der Waals surface area (Å²) in [5.74, 6) is -0.119. The minimum atomic E-state index is -0.277. The fraction of sp³-hybridized carbons (Fsp3) is 0.476. The Morgan fingerprint density at radius 3 is 2.61 bits per heavy atom. The Kier molecular flexibility index (Phi) is 6.44. The van der Waals surface area contributed by atoms with Gasteiger partial charge in [0.2, 0.25) is 0 Å². The van der Waals surface area contributed by atoms with Gasteiger partial charge in [-0.25, -0.2) is 9.37 Å². The fourth-order valence-electron chi connectivity index (χ4n) is 3.33. The number of hydrogen-bond acceptors (Lipinski definition) is 3. The molecule has 0 aliphatic carbocycles. The van der Waals surface area contributed by atoms with E-state index in [0.29, 0.717) is 43.5 Å². The Bertz CT molecular complexity index is 843. The molecule has 2 aromatic rings. The fourth-order valence-corrected chi connectivity index (χ4v) is 3.33. The molecule has 1 aliphatic rings. The standard InChI is InChI=1S/C21H27FN4O2/c1-14(2)13-24-21(28)19-25-18(17-5-3-4-12-26(17)19)20(27)23-11-10-15-6-8-16(22)9-7-15/h6-9,14H,3-5,10-13H2,1-2H3,(H,23,27)(H,24,28). The first-order valence-corrected chi connectivity index (χ1v) is 9.86. The molecule has 3 rings (SSSR count). The van der Waals surface area contributed by atoms with Gasteiger partial charge in [-0.15, -0.1) is 0 Å². The molecule has 2 heterocycles. The highest BCUT2D eigenvalue weighted by atomic mass is 19.1. The summed E-state index contributed by atoms with van der Waals surface area (Å²) in [6.45, 7) is 5.75. The smallest absolute Gasteiger partial charge is 0.287 e.